The van der Waals surface area contributed by atoms with Gasteiger partial charge in [-0.2, -0.15) is 5.26 Å². The molecule has 0 saturated carbocycles. The average molecular weight is 488 g/mol. The molecular weight excluding hydrogens is 471 g/mol. The lowest BCUT2D eigenvalue weighted by atomic mass is 10.1. The molecule has 162 valence electrons. The van der Waals surface area contributed by atoms with Crippen LogP contribution in [0.15, 0.2) is 66.2 Å². The number of methoxy groups -OCH3 is 1. The number of amides is 1. The summed E-state index contributed by atoms with van der Waals surface area (Å²) in [6, 6.07) is 18.9. The van der Waals surface area contributed by atoms with Crippen molar-refractivity contribution in [2.24, 2.45) is 0 Å². The highest BCUT2D eigenvalue weighted by Gasteiger charge is 2.13. The molecule has 0 spiro atoms. The van der Waals surface area contributed by atoms with Crippen molar-refractivity contribution in [2.75, 3.05) is 12.4 Å². The van der Waals surface area contributed by atoms with E-state index in [0.717, 1.165) is 5.56 Å². The van der Waals surface area contributed by atoms with E-state index >= 15 is 0 Å². The van der Waals surface area contributed by atoms with Crippen LogP contribution in [0.25, 0.3) is 6.08 Å². The molecule has 5 nitrogen and oxygen atoms in total. The third kappa shape index (κ3) is 6.18. The van der Waals surface area contributed by atoms with Crippen LogP contribution in [0.5, 0.6) is 11.5 Å². The van der Waals surface area contributed by atoms with Crippen LogP contribution in [0.2, 0.25) is 15.1 Å². The summed E-state index contributed by atoms with van der Waals surface area (Å²) >= 11 is 17.8. The smallest absolute Gasteiger partial charge is 0.266 e. The fourth-order valence-corrected chi connectivity index (χ4v) is 3.13. The second kappa shape index (κ2) is 10.9. The van der Waals surface area contributed by atoms with Gasteiger partial charge in [0.05, 0.1) is 17.2 Å². The van der Waals surface area contributed by atoms with Gasteiger partial charge in [0.25, 0.3) is 5.91 Å². The molecule has 1 amide bonds. The zero-order chi connectivity index (χ0) is 23.1. The first-order chi connectivity index (χ1) is 15.4. The molecule has 3 aromatic carbocycles. The second-order valence-corrected chi connectivity index (χ2v) is 7.82. The molecule has 32 heavy (non-hydrogen) atoms. The number of anilines is 1. The van der Waals surface area contributed by atoms with Crippen LogP contribution in [0, 0.1) is 11.3 Å². The number of nitrogens with zero attached hydrogens (tertiary/aromatic N) is 1. The average Bonchev–Trinajstić information content (AvgIpc) is 2.79. The molecule has 0 aliphatic rings. The van der Waals surface area contributed by atoms with Gasteiger partial charge in [-0.15, -0.1) is 0 Å². The monoisotopic (exact) mass is 486 g/mol. The van der Waals surface area contributed by atoms with E-state index in [1.165, 1.54) is 12.1 Å². The fraction of sp³-hybridized carbons (Fsp3) is 0.0833. The van der Waals surface area contributed by atoms with Crippen molar-refractivity contribution in [3.63, 3.8) is 0 Å². The second-order valence-electron chi connectivity index (χ2n) is 6.57. The zero-order valence-corrected chi connectivity index (χ0v) is 19.1. The summed E-state index contributed by atoms with van der Waals surface area (Å²) in [7, 11) is 1.54. The predicted molar refractivity (Wildman–Crippen MR) is 127 cm³/mol. The molecule has 0 heterocycles. The van der Waals surface area contributed by atoms with E-state index in [1.54, 1.807) is 49.6 Å². The lowest BCUT2D eigenvalue weighted by Gasteiger charge is -2.12. The molecule has 3 aromatic rings. The Morgan fingerprint density at radius 2 is 1.78 bits per heavy atom. The number of nitrogens with one attached hydrogen (secondary N) is 1. The van der Waals surface area contributed by atoms with Gasteiger partial charge in [-0.3, -0.25) is 4.79 Å². The Morgan fingerprint density at radius 3 is 2.44 bits per heavy atom. The number of rotatable bonds is 7. The van der Waals surface area contributed by atoms with Gasteiger partial charge in [-0.05, 0) is 54.1 Å². The normalized spacial score (nSPS) is 10.9. The first-order valence-corrected chi connectivity index (χ1v) is 10.5. The summed E-state index contributed by atoms with van der Waals surface area (Å²) in [4.78, 5) is 12.6. The van der Waals surface area contributed by atoms with Crippen LogP contribution in [-0.2, 0) is 11.4 Å². The number of ether oxygens (including phenoxy) is 2. The summed E-state index contributed by atoms with van der Waals surface area (Å²) in [5, 5.41) is 13.5. The largest absolute Gasteiger partial charge is 0.497 e. The van der Waals surface area contributed by atoms with Crippen LogP contribution in [0.3, 0.4) is 0 Å². The summed E-state index contributed by atoms with van der Waals surface area (Å²) in [6.45, 7) is 0.266. The minimum atomic E-state index is -0.592. The van der Waals surface area contributed by atoms with E-state index in [4.69, 9.17) is 44.3 Å². The first kappa shape index (κ1) is 23.5. The van der Waals surface area contributed by atoms with Crippen molar-refractivity contribution in [3.8, 4) is 17.6 Å². The molecule has 0 atom stereocenters. The van der Waals surface area contributed by atoms with Gasteiger partial charge in [0, 0.05) is 22.3 Å². The standard InChI is InChI=1S/C24H17Cl3N2O3/c1-31-20-8-4-16(23(12-20)32-14-15-2-5-18(25)6-3-15)10-17(13-28)24(30)29-19-7-9-21(26)22(27)11-19/h2-12H,14H2,1H3,(H,29,30)/b17-10+. The number of nitriles is 1. The molecule has 0 bridgehead atoms. The van der Waals surface area contributed by atoms with E-state index in [0.29, 0.717) is 37.8 Å². The molecule has 0 aromatic heterocycles. The van der Waals surface area contributed by atoms with Gasteiger partial charge in [-0.1, -0.05) is 46.9 Å². The van der Waals surface area contributed by atoms with Crippen molar-refractivity contribution in [1.82, 2.24) is 0 Å². The fourth-order valence-electron chi connectivity index (χ4n) is 2.70. The third-order valence-corrected chi connectivity index (χ3v) is 5.36. The maximum atomic E-state index is 12.6. The molecule has 0 radical (unpaired) electrons. The third-order valence-electron chi connectivity index (χ3n) is 4.37. The highest BCUT2D eigenvalue weighted by atomic mass is 35.5. The molecule has 0 aliphatic heterocycles. The summed E-state index contributed by atoms with van der Waals surface area (Å²) in [6.07, 6.45) is 1.45. The Bertz CT molecular complexity index is 1200. The van der Waals surface area contributed by atoms with Gasteiger partial charge in [0.15, 0.2) is 0 Å². The number of halogens is 3. The Labute approximate surface area is 200 Å². The molecule has 0 aliphatic carbocycles. The minimum absolute atomic E-state index is 0.113. The van der Waals surface area contributed by atoms with E-state index in [-0.39, 0.29) is 12.2 Å². The van der Waals surface area contributed by atoms with Gasteiger partial charge in [-0.25, -0.2) is 0 Å². The highest BCUT2D eigenvalue weighted by Crippen LogP contribution is 2.29. The lowest BCUT2D eigenvalue weighted by molar-refractivity contribution is -0.112. The lowest BCUT2D eigenvalue weighted by Crippen LogP contribution is -2.13. The number of carbonyl (C=O) groups is 1. The molecule has 0 fully saturated rings. The topological polar surface area (TPSA) is 71.3 Å². The van der Waals surface area contributed by atoms with E-state index in [1.807, 2.05) is 18.2 Å². The Hall–Kier alpha value is -3.17. The van der Waals surface area contributed by atoms with Crippen molar-refractivity contribution < 1.29 is 14.3 Å². The minimum Gasteiger partial charge on any atom is -0.497 e. The van der Waals surface area contributed by atoms with Gasteiger partial charge in [0.2, 0.25) is 0 Å². The molecule has 8 heteroatoms. The van der Waals surface area contributed by atoms with Crippen LogP contribution < -0.4 is 14.8 Å². The van der Waals surface area contributed by atoms with Gasteiger partial charge in [0.1, 0.15) is 29.7 Å². The SMILES string of the molecule is COc1ccc(/C=C(\C#N)C(=O)Nc2ccc(Cl)c(Cl)c2)c(OCc2ccc(Cl)cc2)c1. The molecule has 0 saturated heterocycles. The van der Waals surface area contributed by atoms with Crippen molar-refractivity contribution >= 4 is 52.5 Å². The van der Waals surface area contributed by atoms with E-state index in [9.17, 15) is 10.1 Å². The maximum Gasteiger partial charge on any atom is 0.266 e. The Morgan fingerprint density at radius 1 is 1.03 bits per heavy atom. The summed E-state index contributed by atoms with van der Waals surface area (Å²) < 4.78 is 11.2. The molecule has 3 rings (SSSR count). The summed E-state index contributed by atoms with van der Waals surface area (Å²) in [5.41, 5.74) is 1.75. The molecular formula is C24H17Cl3N2O3. The van der Waals surface area contributed by atoms with Crippen LogP contribution in [0.1, 0.15) is 11.1 Å². The van der Waals surface area contributed by atoms with Crippen molar-refractivity contribution in [3.05, 3.63) is 92.4 Å². The first-order valence-electron chi connectivity index (χ1n) is 9.33. The molecule has 1 N–H and O–H groups in total. The Balaban J connectivity index is 1.85. The van der Waals surface area contributed by atoms with E-state index < -0.39 is 5.91 Å². The quantitative estimate of drug-likeness (QED) is 0.294. The summed E-state index contributed by atoms with van der Waals surface area (Å²) in [5.74, 6) is 0.437. The maximum absolute atomic E-state index is 12.6. The Kier molecular flexibility index (Phi) is 8.02. The van der Waals surface area contributed by atoms with Gasteiger partial charge >= 0.3 is 0 Å². The highest BCUT2D eigenvalue weighted by molar-refractivity contribution is 6.42. The van der Waals surface area contributed by atoms with Crippen LogP contribution in [0.4, 0.5) is 5.69 Å². The van der Waals surface area contributed by atoms with Crippen LogP contribution >= 0.6 is 34.8 Å². The van der Waals surface area contributed by atoms with Crippen molar-refractivity contribution in [1.29, 1.82) is 5.26 Å². The van der Waals surface area contributed by atoms with Crippen LogP contribution in [-0.4, -0.2) is 13.0 Å². The van der Waals surface area contributed by atoms with Crippen molar-refractivity contribution in [2.45, 2.75) is 6.61 Å². The zero-order valence-electron chi connectivity index (χ0n) is 16.9. The van der Waals surface area contributed by atoms with E-state index in [2.05, 4.69) is 5.32 Å². The number of hydrogen-bond donors (Lipinski definition) is 1. The number of carbonyl (C=O) groups excluding carboxylic acids is 1. The molecule has 0 unspecified atom stereocenters. The van der Waals surface area contributed by atoms with Gasteiger partial charge < -0.3 is 14.8 Å². The predicted octanol–water partition coefficient (Wildman–Crippen LogP) is 6.78. The number of benzene rings is 3. The number of hydrogen-bond acceptors (Lipinski definition) is 4.